The van der Waals surface area contributed by atoms with E-state index < -0.39 is 5.97 Å². The van der Waals surface area contributed by atoms with Crippen molar-refractivity contribution in [2.75, 3.05) is 0 Å². The van der Waals surface area contributed by atoms with Crippen LogP contribution in [0.4, 0.5) is 0 Å². The first-order valence-corrected chi connectivity index (χ1v) is 5.91. The van der Waals surface area contributed by atoms with Gasteiger partial charge in [0.05, 0.1) is 0 Å². The van der Waals surface area contributed by atoms with Crippen LogP contribution in [0.1, 0.15) is 42.7 Å². The lowest BCUT2D eigenvalue weighted by molar-refractivity contribution is 0.0686. The van der Waals surface area contributed by atoms with Crippen molar-refractivity contribution in [2.45, 2.75) is 33.2 Å². The second-order valence-corrected chi connectivity index (χ2v) is 4.55. The van der Waals surface area contributed by atoms with Gasteiger partial charge in [-0.1, -0.05) is 19.9 Å². The monoisotopic (exact) mass is 231 g/mol. The summed E-state index contributed by atoms with van der Waals surface area (Å²) >= 11 is 0. The molecule has 0 atom stereocenters. The number of aryl methyl sites for hydroxylation is 1. The molecular weight excluding hydrogens is 214 g/mol. The van der Waals surface area contributed by atoms with E-state index in [9.17, 15) is 4.79 Å². The van der Waals surface area contributed by atoms with Crippen LogP contribution < -0.4 is 0 Å². The summed E-state index contributed by atoms with van der Waals surface area (Å²) < 4.78 is 1.84. The van der Waals surface area contributed by atoms with Gasteiger partial charge in [0.1, 0.15) is 5.69 Å². The zero-order valence-electron chi connectivity index (χ0n) is 10.4. The van der Waals surface area contributed by atoms with Crippen LogP contribution in [-0.2, 0) is 6.54 Å². The highest BCUT2D eigenvalue weighted by atomic mass is 16.4. The molecule has 2 aromatic rings. The predicted molar refractivity (Wildman–Crippen MR) is 68.7 cm³/mol. The Morgan fingerprint density at radius 1 is 1.35 bits per heavy atom. The zero-order valence-corrected chi connectivity index (χ0v) is 10.4. The molecule has 3 heteroatoms. The molecule has 0 saturated heterocycles. The molecule has 0 spiro atoms. The zero-order chi connectivity index (χ0) is 12.6. The third-order valence-electron chi connectivity index (χ3n) is 3.13. The first-order chi connectivity index (χ1) is 8.04. The Kier molecular flexibility index (Phi) is 2.92. The molecular formula is C14H17NO2. The molecule has 1 heterocycles. The lowest BCUT2D eigenvalue weighted by atomic mass is 10.0. The third kappa shape index (κ3) is 1.93. The van der Waals surface area contributed by atoms with Gasteiger partial charge in [0.15, 0.2) is 0 Å². The highest BCUT2D eigenvalue weighted by Gasteiger charge is 2.13. The molecule has 0 aliphatic carbocycles. The van der Waals surface area contributed by atoms with E-state index in [1.807, 2.05) is 17.6 Å². The number of carboxylic acids is 1. The van der Waals surface area contributed by atoms with Gasteiger partial charge in [-0.3, -0.25) is 0 Å². The summed E-state index contributed by atoms with van der Waals surface area (Å²) in [6.45, 7) is 6.90. The molecule has 0 aliphatic heterocycles. The molecule has 1 N–H and O–H groups in total. The molecule has 2 rings (SSSR count). The molecule has 1 aromatic heterocycles. The lowest BCUT2D eigenvalue weighted by Crippen LogP contribution is -2.06. The molecule has 1 aromatic carbocycles. The highest BCUT2D eigenvalue weighted by molar-refractivity contribution is 5.94. The number of aromatic carboxylic acids is 1. The number of carbonyl (C=O) groups is 1. The quantitative estimate of drug-likeness (QED) is 0.878. The van der Waals surface area contributed by atoms with Crippen molar-refractivity contribution >= 4 is 16.9 Å². The molecule has 0 unspecified atom stereocenters. The van der Waals surface area contributed by atoms with Gasteiger partial charge in [0.2, 0.25) is 0 Å². The predicted octanol–water partition coefficient (Wildman–Crippen LogP) is 3.48. The normalized spacial score (nSPS) is 11.3. The van der Waals surface area contributed by atoms with Crippen LogP contribution in [-0.4, -0.2) is 15.6 Å². The van der Waals surface area contributed by atoms with Crippen LogP contribution >= 0.6 is 0 Å². The summed E-state index contributed by atoms with van der Waals surface area (Å²) in [5.74, 6) is -0.410. The largest absolute Gasteiger partial charge is 0.477 e. The van der Waals surface area contributed by atoms with Crippen LogP contribution in [0.3, 0.4) is 0 Å². The molecule has 0 fully saturated rings. The van der Waals surface area contributed by atoms with E-state index >= 15 is 0 Å². The summed E-state index contributed by atoms with van der Waals surface area (Å²) in [5, 5.41) is 10.2. The van der Waals surface area contributed by atoms with Gasteiger partial charge in [-0.15, -0.1) is 0 Å². The summed E-state index contributed by atoms with van der Waals surface area (Å²) in [7, 11) is 0. The Morgan fingerprint density at radius 3 is 2.59 bits per heavy atom. The van der Waals surface area contributed by atoms with Crippen molar-refractivity contribution < 1.29 is 9.90 Å². The standard InChI is InChI=1S/C14H17NO2/c1-4-15-12-6-5-10(9(2)3)7-11(12)8-13(15)14(16)17/h5-9H,4H2,1-3H3,(H,16,17). The average molecular weight is 231 g/mol. The summed E-state index contributed by atoms with van der Waals surface area (Å²) in [5.41, 5.74) is 2.60. The molecule has 17 heavy (non-hydrogen) atoms. The van der Waals surface area contributed by atoms with Crippen molar-refractivity contribution in [1.82, 2.24) is 4.57 Å². The number of benzene rings is 1. The van der Waals surface area contributed by atoms with Crippen molar-refractivity contribution in [1.29, 1.82) is 0 Å². The molecule has 90 valence electrons. The fourth-order valence-electron chi connectivity index (χ4n) is 2.17. The number of aromatic nitrogens is 1. The Hall–Kier alpha value is -1.77. The van der Waals surface area contributed by atoms with E-state index in [1.54, 1.807) is 6.07 Å². The number of hydrogen-bond acceptors (Lipinski definition) is 1. The van der Waals surface area contributed by atoms with Crippen molar-refractivity contribution in [3.8, 4) is 0 Å². The van der Waals surface area contributed by atoms with Crippen LogP contribution in [0.5, 0.6) is 0 Å². The van der Waals surface area contributed by atoms with E-state index in [4.69, 9.17) is 5.11 Å². The summed E-state index contributed by atoms with van der Waals surface area (Å²) in [4.78, 5) is 11.1. The molecule has 0 saturated carbocycles. The van der Waals surface area contributed by atoms with Crippen LogP contribution in [0.15, 0.2) is 24.3 Å². The minimum absolute atomic E-state index is 0.364. The third-order valence-corrected chi connectivity index (χ3v) is 3.13. The maximum absolute atomic E-state index is 11.1. The Balaban J connectivity index is 2.68. The molecule has 3 nitrogen and oxygen atoms in total. The van der Waals surface area contributed by atoms with Gasteiger partial charge in [-0.2, -0.15) is 0 Å². The number of hydrogen-bond donors (Lipinski definition) is 1. The maximum atomic E-state index is 11.1. The summed E-state index contributed by atoms with van der Waals surface area (Å²) in [6.07, 6.45) is 0. The first-order valence-electron chi connectivity index (χ1n) is 5.91. The van der Waals surface area contributed by atoms with Gasteiger partial charge >= 0.3 is 5.97 Å². The van der Waals surface area contributed by atoms with Crippen LogP contribution in [0.2, 0.25) is 0 Å². The van der Waals surface area contributed by atoms with E-state index in [2.05, 4.69) is 26.0 Å². The van der Waals surface area contributed by atoms with Gasteiger partial charge in [0, 0.05) is 17.4 Å². The molecule has 0 aliphatic rings. The smallest absolute Gasteiger partial charge is 0.352 e. The average Bonchev–Trinajstić information content (AvgIpc) is 2.66. The topological polar surface area (TPSA) is 42.2 Å². The highest BCUT2D eigenvalue weighted by Crippen LogP contribution is 2.24. The minimum Gasteiger partial charge on any atom is -0.477 e. The van der Waals surface area contributed by atoms with Crippen molar-refractivity contribution in [3.63, 3.8) is 0 Å². The number of carboxylic acid groups (broad SMARTS) is 1. The second-order valence-electron chi connectivity index (χ2n) is 4.55. The Bertz CT molecular complexity index is 567. The van der Waals surface area contributed by atoms with Crippen LogP contribution in [0.25, 0.3) is 10.9 Å². The second kappa shape index (κ2) is 4.24. The van der Waals surface area contributed by atoms with Gasteiger partial charge < -0.3 is 9.67 Å². The van der Waals surface area contributed by atoms with E-state index in [1.165, 1.54) is 5.56 Å². The van der Waals surface area contributed by atoms with E-state index in [-0.39, 0.29) is 0 Å². The fourth-order valence-corrected chi connectivity index (χ4v) is 2.17. The maximum Gasteiger partial charge on any atom is 0.352 e. The SMILES string of the molecule is CCn1c(C(=O)O)cc2cc(C(C)C)ccc21. The molecule has 0 amide bonds. The van der Waals surface area contributed by atoms with Gasteiger partial charge in [0.25, 0.3) is 0 Å². The van der Waals surface area contributed by atoms with E-state index in [0.717, 1.165) is 10.9 Å². The number of fused-ring (bicyclic) bond motifs is 1. The summed E-state index contributed by atoms with van der Waals surface area (Å²) in [6, 6.07) is 7.93. The van der Waals surface area contributed by atoms with Crippen molar-refractivity contribution in [3.05, 3.63) is 35.5 Å². The first kappa shape index (κ1) is 11.7. The number of nitrogens with zero attached hydrogens (tertiary/aromatic N) is 1. The lowest BCUT2D eigenvalue weighted by Gasteiger charge is -2.07. The molecule has 0 radical (unpaired) electrons. The number of rotatable bonds is 3. The fraction of sp³-hybridized carbons (Fsp3) is 0.357. The van der Waals surface area contributed by atoms with Gasteiger partial charge in [-0.25, -0.2) is 4.79 Å². The van der Waals surface area contributed by atoms with Gasteiger partial charge in [-0.05, 0) is 36.6 Å². The minimum atomic E-state index is -0.867. The van der Waals surface area contributed by atoms with E-state index in [0.29, 0.717) is 18.2 Å². The molecule has 0 bridgehead atoms. The van der Waals surface area contributed by atoms with Crippen molar-refractivity contribution in [2.24, 2.45) is 0 Å². The Labute approximate surface area is 101 Å². The van der Waals surface area contributed by atoms with Crippen LogP contribution in [0, 0.1) is 0 Å². The Morgan fingerprint density at radius 2 is 2.06 bits per heavy atom.